The van der Waals surface area contributed by atoms with Gasteiger partial charge in [0, 0.05) is 205 Å². The van der Waals surface area contributed by atoms with Crippen LogP contribution in [0.15, 0.2) is 0 Å². The number of carbonyl (C=O) groups is 6. The maximum atomic E-state index is 14.5. The number of hydrogen-bond donors (Lipinski definition) is 3. The second-order valence-corrected chi connectivity index (χ2v) is 43.7. The normalized spacial score (nSPS) is 27.5. The van der Waals surface area contributed by atoms with Crippen molar-refractivity contribution in [1.82, 2.24) is 74.7 Å². The molecular weight excluding hydrogens is 1640 g/mol. The quantitative estimate of drug-likeness (QED) is 0.0661. The number of Topliss-reactive ketones (excluding diaryl/α,β-unsaturated/α-hetero) is 3. The molecule has 0 aromatic heterocycles. The van der Waals surface area contributed by atoms with Crippen LogP contribution in [0, 0.1) is 53.3 Å². The van der Waals surface area contributed by atoms with Crippen LogP contribution in [0.2, 0.25) is 0 Å². The van der Waals surface area contributed by atoms with Gasteiger partial charge in [-0.25, -0.2) is 35.1 Å². The molecule has 12 aliphatic heterocycles. The van der Waals surface area contributed by atoms with Gasteiger partial charge in [-0.3, -0.25) is 77.8 Å². The largest absolute Gasteiger partial charge is 0.352 e. The third-order valence-corrected chi connectivity index (χ3v) is 30.1. The summed E-state index contributed by atoms with van der Waals surface area (Å²) in [6.07, 6.45) is 13.4. The molecule has 0 aromatic rings. The molecule has 6 unspecified atom stereocenters. The van der Waals surface area contributed by atoms with Crippen molar-refractivity contribution in [2.75, 3.05) is 157 Å². The summed E-state index contributed by atoms with van der Waals surface area (Å²) in [6, 6.07) is 2.69. The molecule has 0 aliphatic carbocycles. The first-order valence-corrected chi connectivity index (χ1v) is 50.1. The number of alkyl halides is 8. The average Bonchev–Trinajstić information content (AvgIpc) is 1.18. The van der Waals surface area contributed by atoms with Crippen molar-refractivity contribution < 1.29 is 63.9 Å². The van der Waals surface area contributed by atoms with E-state index in [1.54, 1.807) is 27.7 Å². The summed E-state index contributed by atoms with van der Waals surface area (Å²) < 4.78 is 115. The van der Waals surface area contributed by atoms with Gasteiger partial charge in [0.2, 0.25) is 17.7 Å². The van der Waals surface area contributed by atoms with Crippen LogP contribution in [0.25, 0.3) is 0 Å². The minimum absolute atomic E-state index is 0.00763. The van der Waals surface area contributed by atoms with Gasteiger partial charge < -0.3 is 25.8 Å². The van der Waals surface area contributed by atoms with Gasteiger partial charge in [-0.2, -0.15) is 0 Å². The van der Waals surface area contributed by atoms with E-state index >= 15 is 0 Å². The number of hydrogen-bond acceptors (Lipinski definition) is 18. The first-order chi connectivity index (χ1) is 59.3. The fraction of sp³-hybridized carbons (Fsp3) is 0.939. The number of nitrogens with zero attached hydrogens (tertiary/aromatic N) is 12. The van der Waals surface area contributed by atoms with E-state index in [9.17, 15) is 63.9 Å². The van der Waals surface area contributed by atoms with Gasteiger partial charge in [0.15, 0.2) is 0 Å². The molecule has 29 heteroatoms. The van der Waals surface area contributed by atoms with Crippen LogP contribution in [-0.4, -0.2) is 365 Å². The highest BCUT2D eigenvalue weighted by Gasteiger charge is 2.54. The van der Waals surface area contributed by atoms with E-state index in [1.807, 2.05) is 112 Å². The fourth-order valence-electron chi connectivity index (χ4n) is 20.3. The number of rotatable bonds is 27. The maximum absolute atomic E-state index is 14.5. The summed E-state index contributed by atoms with van der Waals surface area (Å²) in [5, 5.41) is 8.67. The number of carbonyl (C=O) groups excluding carboxylic acids is 6. The SMILES string of the molecule is CC(C)C(=O)CC1CCN(C2CCN(C(C)C)CC2(F)F)CC1.CC(C)C(=O)CC1CCN(C2CN(C(C)C)C2)CC1.CC(C)C(=O)CC1CCN(C2CN(C(C)C)C2)CC1(F)F.CC(C)C(=O)NC1CCN(C2CCN(C(C)C)CC2(F)F)C1.CC(C)C(=O)NC1CCN(C2CCN(C(C)C)CC2)C1.CC(C)C(=O)NC1CN(C2CCN(C(C)C)CC2)CC1(F)F. The minimum atomic E-state index is -2.83. The molecule has 12 heterocycles. The molecule has 738 valence electrons. The van der Waals surface area contributed by atoms with Gasteiger partial charge >= 0.3 is 0 Å². The molecular formula is C98H179F8N15O6. The molecule has 0 bridgehead atoms. The van der Waals surface area contributed by atoms with E-state index in [2.05, 4.69) is 101 Å². The topological polar surface area (TPSA) is 177 Å². The summed E-state index contributed by atoms with van der Waals surface area (Å²) in [5.74, 6) is -10.1. The van der Waals surface area contributed by atoms with Crippen LogP contribution >= 0.6 is 0 Å². The Balaban J connectivity index is 0.000000209. The van der Waals surface area contributed by atoms with Crippen LogP contribution in [0.3, 0.4) is 0 Å². The molecule has 12 aliphatic rings. The minimum Gasteiger partial charge on any atom is -0.352 e. The van der Waals surface area contributed by atoms with Crippen molar-refractivity contribution >= 4 is 35.1 Å². The van der Waals surface area contributed by atoms with Crippen LogP contribution < -0.4 is 16.0 Å². The Morgan fingerprint density at radius 3 is 0.945 bits per heavy atom. The van der Waals surface area contributed by atoms with Gasteiger partial charge in [-0.05, 0) is 237 Å². The predicted molar refractivity (Wildman–Crippen MR) is 496 cm³/mol. The third kappa shape index (κ3) is 33.7. The number of nitrogens with one attached hydrogen (secondary N) is 3. The standard InChI is InChI=1S/C18H32F2N2O.2C16H29F2N3O.C16H28F2N2O.C16H31N3O.C16H30N2O/c1-13(2)16(23)11-15-5-8-21(9-6-15)17-7-10-22(14(3)4)12-18(17,19)20;1-11(2)15(22)19-13-5-7-20(9-13)14-6-8-21(12(3)4)10-16(14,17)18;1-11(2)15(22)19-14-9-21(10-16(14,17)18)13-5-7-20(8-6-13)12(3)4;1-11(2)15(21)7-13-5-6-19(10-16(13,17)18)14-8-20(9-14)12(3)4;1-12(2)16(20)17-14-5-8-19(11-14)15-6-9-18(10-7-15)13(3)4;1-12(2)16(19)9-14-5-7-17(8-6-14)15-10-18(11-15)13(3)4/h13-15,17H,5-12H2,1-4H3;2*11-14H,5-10H2,1-4H3,(H,19,22);11-14H,5-10H2,1-4H3;12-15H,5-11H2,1-4H3,(H,17,20);12-15H,5-11H2,1-4H3. The molecule has 12 fully saturated rings. The lowest BCUT2D eigenvalue weighted by Crippen LogP contribution is -2.65. The summed E-state index contributed by atoms with van der Waals surface area (Å²) in [6.45, 7) is 65.7. The molecule has 0 spiro atoms. The smallest absolute Gasteiger partial charge is 0.281 e. The Morgan fingerprint density at radius 1 is 0.260 bits per heavy atom. The highest BCUT2D eigenvalue weighted by atomic mass is 19.3. The number of ketones is 3. The molecule has 21 nitrogen and oxygen atoms in total. The van der Waals surface area contributed by atoms with Gasteiger partial charge in [0.25, 0.3) is 23.7 Å². The van der Waals surface area contributed by atoms with Gasteiger partial charge in [0.05, 0.1) is 38.3 Å². The van der Waals surface area contributed by atoms with E-state index < -0.39 is 47.7 Å². The Bertz CT molecular complexity index is 3290. The lowest BCUT2D eigenvalue weighted by atomic mass is 9.85. The van der Waals surface area contributed by atoms with Crippen LogP contribution in [-0.2, 0) is 28.8 Å². The van der Waals surface area contributed by atoms with Gasteiger partial charge in [0.1, 0.15) is 23.4 Å². The van der Waals surface area contributed by atoms with E-state index in [-0.39, 0.29) is 128 Å². The van der Waals surface area contributed by atoms with Crippen molar-refractivity contribution in [2.45, 2.75) is 383 Å². The predicted octanol–water partition coefficient (Wildman–Crippen LogP) is 14.1. The summed E-state index contributed by atoms with van der Waals surface area (Å²) in [4.78, 5) is 97.1. The van der Waals surface area contributed by atoms with E-state index in [0.717, 1.165) is 109 Å². The lowest BCUT2D eigenvalue weighted by Gasteiger charge is -2.50. The Hall–Kier alpha value is -3.62. The first-order valence-electron chi connectivity index (χ1n) is 50.1. The molecule has 0 aromatic carbocycles. The Kier molecular flexibility index (Phi) is 43.7. The number of likely N-dealkylation sites (tertiary alicyclic amines) is 12. The molecule has 3 N–H and O–H groups in total. The summed E-state index contributed by atoms with van der Waals surface area (Å²) in [5.41, 5.74) is 0. The summed E-state index contributed by atoms with van der Waals surface area (Å²) in [7, 11) is 0. The zero-order chi connectivity index (χ0) is 94.7. The highest BCUT2D eigenvalue weighted by molar-refractivity contribution is 5.82. The molecule has 6 atom stereocenters. The van der Waals surface area contributed by atoms with Crippen molar-refractivity contribution in [1.29, 1.82) is 0 Å². The summed E-state index contributed by atoms with van der Waals surface area (Å²) >= 11 is 0. The molecule has 3 amide bonds. The fourth-order valence-corrected chi connectivity index (χ4v) is 20.3. The van der Waals surface area contributed by atoms with Crippen LogP contribution in [0.4, 0.5) is 35.1 Å². The van der Waals surface area contributed by atoms with Crippen molar-refractivity contribution in [3.63, 3.8) is 0 Å². The van der Waals surface area contributed by atoms with Gasteiger partial charge in [-0.1, -0.05) is 83.1 Å². The average molecular weight is 1820 g/mol. The molecule has 0 radical (unpaired) electrons. The molecule has 0 saturated carbocycles. The van der Waals surface area contributed by atoms with E-state index in [0.29, 0.717) is 112 Å². The second kappa shape index (κ2) is 50.3. The van der Waals surface area contributed by atoms with Gasteiger partial charge in [-0.15, -0.1) is 0 Å². The van der Waals surface area contributed by atoms with Crippen LogP contribution in [0.5, 0.6) is 0 Å². The van der Waals surface area contributed by atoms with Crippen LogP contribution in [0.1, 0.15) is 269 Å². The zero-order valence-corrected chi connectivity index (χ0v) is 83.5. The monoisotopic (exact) mass is 1810 g/mol. The first kappa shape index (κ1) is 110. The lowest BCUT2D eigenvalue weighted by molar-refractivity contribution is -0.147. The van der Waals surface area contributed by atoms with Crippen molar-refractivity contribution in [3.8, 4) is 0 Å². The Labute approximate surface area is 763 Å². The molecule has 12 saturated heterocycles. The molecule has 12 rings (SSSR count). The highest BCUT2D eigenvalue weighted by Crippen LogP contribution is 2.41. The zero-order valence-electron chi connectivity index (χ0n) is 83.5. The van der Waals surface area contributed by atoms with E-state index in [4.69, 9.17) is 0 Å². The number of piperidine rings is 7. The number of amides is 3. The third-order valence-electron chi connectivity index (χ3n) is 30.1. The van der Waals surface area contributed by atoms with Crippen molar-refractivity contribution in [3.05, 3.63) is 0 Å². The Morgan fingerprint density at radius 2 is 0.575 bits per heavy atom. The van der Waals surface area contributed by atoms with E-state index in [1.165, 1.54) is 65.0 Å². The molecule has 127 heavy (non-hydrogen) atoms. The second-order valence-electron chi connectivity index (χ2n) is 43.7. The maximum Gasteiger partial charge on any atom is 0.281 e. The van der Waals surface area contributed by atoms with Crippen molar-refractivity contribution in [2.24, 2.45) is 53.3 Å². The number of halogens is 8.